The van der Waals surface area contributed by atoms with Gasteiger partial charge in [0, 0.05) is 23.4 Å². The number of rotatable bonds is 7. The van der Waals surface area contributed by atoms with Crippen LogP contribution < -0.4 is 5.32 Å². The molecule has 2 aromatic carbocycles. The molecule has 0 aliphatic heterocycles. The summed E-state index contributed by atoms with van der Waals surface area (Å²) in [6.45, 7) is 5.09. The lowest BCUT2D eigenvalue weighted by atomic mass is 9.82. The Bertz CT molecular complexity index is 841. The second kappa shape index (κ2) is 7.73. The van der Waals surface area contributed by atoms with Gasteiger partial charge in [-0.05, 0) is 24.5 Å². The van der Waals surface area contributed by atoms with Crippen molar-refractivity contribution in [2.45, 2.75) is 39.5 Å². The van der Waals surface area contributed by atoms with Gasteiger partial charge in [0.15, 0.2) is 11.6 Å². The number of unbranched alkanes of at least 4 members (excludes halogenated alkanes) is 1. The average Bonchev–Trinajstić information content (AvgIpc) is 2.67. The lowest BCUT2D eigenvalue weighted by Gasteiger charge is -2.23. The maximum Gasteiger partial charge on any atom is 0.198 e. The van der Waals surface area contributed by atoms with Gasteiger partial charge in [-0.15, -0.1) is 0 Å². The molecule has 0 saturated carbocycles. The molecule has 2 N–H and O–H groups in total. The molecule has 26 heavy (non-hydrogen) atoms. The second-order valence-electron chi connectivity index (χ2n) is 6.88. The smallest absolute Gasteiger partial charge is 0.198 e. The number of nitrogens with one attached hydrogen (secondary N) is 1. The number of carbonyl (C=O) groups is 2. The topological polar surface area (TPSA) is 66.4 Å². The molecular formula is C22H25NO3. The van der Waals surface area contributed by atoms with Crippen LogP contribution in [0, 0.1) is 5.92 Å². The van der Waals surface area contributed by atoms with Crippen molar-refractivity contribution in [3.8, 4) is 5.75 Å². The highest BCUT2D eigenvalue weighted by atomic mass is 16.3. The standard InChI is InChI=1S/C22H25NO3/c1-3-5-8-14(4-2)13-23-17-11-12-18(24)20-19(17)21(25)15-9-6-7-10-16(15)22(20)26/h6-7,9-12,14,23-24H,3-5,8,13H2,1-2H3/t14-/m0/s1. The summed E-state index contributed by atoms with van der Waals surface area (Å²) < 4.78 is 0. The number of hydrogen-bond donors (Lipinski definition) is 2. The molecule has 3 rings (SSSR count). The molecule has 4 heteroatoms. The molecule has 0 spiro atoms. The van der Waals surface area contributed by atoms with Gasteiger partial charge < -0.3 is 10.4 Å². The number of fused-ring (bicyclic) bond motifs is 2. The highest BCUT2D eigenvalue weighted by Crippen LogP contribution is 2.37. The van der Waals surface area contributed by atoms with Crippen LogP contribution in [0.3, 0.4) is 0 Å². The maximum atomic E-state index is 13.0. The highest BCUT2D eigenvalue weighted by Gasteiger charge is 2.33. The summed E-state index contributed by atoms with van der Waals surface area (Å²) in [5, 5.41) is 13.6. The zero-order valence-electron chi connectivity index (χ0n) is 15.3. The Kier molecular flexibility index (Phi) is 5.40. The number of aromatic hydroxyl groups is 1. The van der Waals surface area contributed by atoms with Crippen molar-refractivity contribution >= 4 is 17.3 Å². The Morgan fingerprint density at radius 3 is 2.23 bits per heavy atom. The number of phenolic OH excluding ortho intramolecular Hbond substituents is 1. The predicted molar refractivity (Wildman–Crippen MR) is 103 cm³/mol. The number of ketones is 2. The van der Waals surface area contributed by atoms with Crippen LogP contribution in [0.2, 0.25) is 0 Å². The minimum Gasteiger partial charge on any atom is -0.507 e. The maximum absolute atomic E-state index is 13.0. The first-order valence-electron chi connectivity index (χ1n) is 9.36. The van der Waals surface area contributed by atoms with Gasteiger partial charge in [0.2, 0.25) is 0 Å². The van der Waals surface area contributed by atoms with Gasteiger partial charge >= 0.3 is 0 Å². The highest BCUT2D eigenvalue weighted by molar-refractivity contribution is 6.31. The number of benzene rings is 2. The van der Waals surface area contributed by atoms with E-state index in [0.29, 0.717) is 28.3 Å². The van der Waals surface area contributed by atoms with Gasteiger partial charge in [-0.3, -0.25) is 9.59 Å². The fraction of sp³-hybridized carbons (Fsp3) is 0.364. The summed E-state index contributed by atoms with van der Waals surface area (Å²) in [4.78, 5) is 25.8. The van der Waals surface area contributed by atoms with E-state index in [1.54, 1.807) is 30.3 Å². The van der Waals surface area contributed by atoms with Crippen LogP contribution in [-0.4, -0.2) is 23.2 Å². The Morgan fingerprint density at radius 2 is 1.62 bits per heavy atom. The monoisotopic (exact) mass is 351 g/mol. The van der Waals surface area contributed by atoms with Crippen LogP contribution in [0.5, 0.6) is 5.75 Å². The molecule has 0 bridgehead atoms. The van der Waals surface area contributed by atoms with Gasteiger partial charge in [-0.1, -0.05) is 57.4 Å². The molecule has 2 aromatic rings. The van der Waals surface area contributed by atoms with Crippen LogP contribution in [0.4, 0.5) is 5.69 Å². The van der Waals surface area contributed by atoms with Crippen LogP contribution in [-0.2, 0) is 0 Å². The van der Waals surface area contributed by atoms with E-state index in [1.165, 1.54) is 12.5 Å². The fourth-order valence-corrected chi connectivity index (χ4v) is 3.55. The third-order valence-corrected chi connectivity index (χ3v) is 5.18. The molecule has 0 fully saturated rings. The molecule has 0 saturated heterocycles. The van der Waals surface area contributed by atoms with E-state index in [4.69, 9.17) is 0 Å². The molecule has 0 unspecified atom stereocenters. The quantitative estimate of drug-likeness (QED) is 0.600. The van der Waals surface area contributed by atoms with E-state index in [1.807, 2.05) is 0 Å². The van der Waals surface area contributed by atoms with Gasteiger partial charge in [0.1, 0.15) is 5.75 Å². The van der Waals surface area contributed by atoms with E-state index in [2.05, 4.69) is 19.2 Å². The molecule has 1 aliphatic carbocycles. The average molecular weight is 351 g/mol. The molecule has 0 heterocycles. The lowest BCUT2D eigenvalue weighted by Crippen LogP contribution is -2.24. The van der Waals surface area contributed by atoms with Crippen LogP contribution >= 0.6 is 0 Å². The van der Waals surface area contributed by atoms with Crippen LogP contribution in [0.1, 0.15) is 71.4 Å². The number of carbonyl (C=O) groups excluding carboxylic acids is 2. The van der Waals surface area contributed by atoms with Crippen molar-refractivity contribution in [1.29, 1.82) is 0 Å². The summed E-state index contributed by atoms with van der Waals surface area (Å²) in [6.07, 6.45) is 4.53. The summed E-state index contributed by atoms with van der Waals surface area (Å²) >= 11 is 0. The molecule has 0 aromatic heterocycles. The normalized spacial score (nSPS) is 13.9. The molecule has 1 atom stereocenters. The Balaban J connectivity index is 1.95. The van der Waals surface area contributed by atoms with Crippen molar-refractivity contribution in [3.63, 3.8) is 0 Å². The first-order valence-corrected chi connectivity index (χ1v) is 9.36. The van der Waals surface area contributed by atoms with Crippen LogP contribution in [0.15, 0.2) is 36.4 Å². The Hall–Kier alpha value is -2.62. The minimum absolute atomic E-state index is 0.111. The summed E-state index contributed by atoms with van der Waals surface area (Å²) in [5.74, 6) is -0.137. The third-order valence-electron chi connectivity index (χ3n) is 5.18. The molecule has 1 aliphatic rings. The lowest BCUT2D eigenvalue weighted by molar-refractivity contribution is 0.0977. The molecule has 0 radical (unpaired) electrons. The summed E-state index contributed by atoms with van der Waals surface area (Å²) in [7, 11) is 0. The third kappa shape index (κ3) is 3.24. The Labute approximate surface area is 154 Å². The number of anilines is 1. The van der Waals surface area contributed by atoms with E-state index in [-0.39, 0.29) is 22.9 Å². The van der Waals surface area contributed by atoms with Gasteiger partial charge in [0.25, 0.3) is 0 Å². The first-order chi connectivity index (χ1) is 12.6. The van der Waals surface area contributed by atoms with E-state index in [9.17, 15) is 14.7 Å². The SMILES string of the molecule is CCCC[C@H](CC)CNc1ccc(O)c2c1C(=O)c1ccccc1C2=O. The van der Waals surface area contributed by atoms with Gasteiger partial charge in [-0.2, -0.15) is 0 Å². The van der Waals surface area contributed by atoms with Crippen molar-refractivity contribution in [3.05, 3.63) is 58.7 Å². The zero-order valence-corrected chi connectivity index (χ0v) is 15.3. The second-order valence-corrected chi connectivity index (χ2v) is 6.88. The van der Waals surface area contributed by atoms with Crippen molar-refractivity contribution in [1.82, 2.24) is 0 Å². The van der Waals surface area contributed by atoms with Crippen molar-refractivity contribution < 1.29 is 14.7 Å². The number of phenols is 1. The van der Waals surface area contributed by atoms with E-state index < -0.39 is 0 Å². The van der Waals surface area contributed by atoms with Gasteiger partial charge in [0.05, 0.1) is 11.1 Å². The van der Waals surface area contributed by atoms with E-state index >= 15 is 0 Å². The molecule has 4 nitrogen and oxygen atoms in total. The zero-order chi connectivity index (χ0) is 18.7. The molecule has 0 amide bonds. The van der Waals surface area contributed by atoms with Gasteiger partial charge in [-0.25, -0.2) is 0 Å². The number of hydrogen-bond acceptors (Lipinski definition) is 4. The van der Waals surface area contributed by atoms with Crippen molar-refractivity contribution in [2.24, 2.45) is 5.92 Å². The minimum atomic E-state index is -0.297. The fourth-order valence-electron chi connectivity index (χ4n) is 3.55. The van der Waals surface area contributed by atoms with E-state index in [0.717, 1.165) is 25.8 Å². The molecule has 136 valence electrons. The summed E-state index contributed by atoms with van der Waals surface area (Å²) in [6, 6.07) is 9.97. The summed E-state index contributed by atoms with van der Waals surface area (Å²) in [5.41, 5.74) is 1.78. The van der Waals surface area contributed by atoms with Crippen LogP contribution in [0.25, 0.3) is 0 Å². The largest absolute Gasteiger partial charge is 0.507 e. The Morgan fingerprint density at radius 1 is 0.962 bits per heavy atom. The van der Waals surface area contributed by atoms with Crippen molar-refractivity contribution in [2.75, 3.05) is 11.9 Å². The molecular weight excluding hydrogens is 326 g/mol. The first kappa shape index (κ1) is 18.2. The predicted octanol–water partition coefficient (Wildman–Crippen LogP) is 4.80.